The molecule has 0 aliphatic carbocycles. The van der Waals surface area contributed by atoms with E-state index in [9.17, 15) is 13.2 Å². The van der Waals surface area contributed by atoms with Gasteiger partial charge in [0.2, 0.25) is 21.8 Å². The van der Waals surface area contributed by atoms with Crippen LogP contribution in [0.5, 0.6) is 11.6 Å². The van der Waals surface area contributed by atoms with Gasteiger partial charge < -0.3 is 14.6 Å². The Bertz CT molecular complexity index is 1140. The van der Waals surface area contributed by atoms with Gasteiger partial charge in [0.25, 0.3) is 0 Å². The van der Waals surface area contributed by atoms with Crippen molar-refractivity contribution in [2.45, 2.75) is 12.8 Å². The van der Waals surface area contributed by atoms with Gasteiger partial charge in [-0.2, -0.15) is 0 Å². The SMILES string of the molecule is CS(=O)(=O)N1CCC(C(=O)Nc2ccc(Oc3cc(-n4cccc4)ncn3)cc2)CC1. The Morgan fingerprint density at radius 3 is 2.42 bits per heavy atom. The lowest BCUT2D eigenvalue weighted by Crippen LogP contribution is -2.40. The molecule has 1 amide bonds. The molecule has 1 aromatic carbocycles. The van der Waals surface area contributed by atoms with Crippen LogP contribution in [0.25, 0.3) is 5.82 Å². The lowest BCUT2D eigenvalue weighted by atomic mass is 9.97. The van der Waals surface area contributed by atoms with Crippen molar-refractivity contribution < 1.29 is 17.9 Å². The first-order valence-corrected chi connectivity index (χ1v) is 11.7. The number of benzene rings is 1. The van der Waals surface area contributed by atoms with Gasteiger partial charge in [0.1, 0.15) is 17.9 Å². The molecule has 0 unspecified atom stereocenters. The van der Waals surface area contributed by atoms with Gasteiger partial charge in [0, 0.05) is 43.2 Å². The molecule has 1 aliphatic rings. The number of nitrogens with zero attached hydrogens (tertiary/aromatic N) is 4. The maximum atomic E-state index is 12.5. The second kappa shape index (κ2) is 8.86. The number of carbonyl (C=O) groups excluding carboxylic acids is 1. The lowest BCUT2D eigenvalue weighted by Gasteiger charge is -2.29. The number of aromatic nitrogens is 3. The summed E-state index contributed by atoms with van der Waals surface area (Å²) >= 11 is 0. The average Bonchev–Trinajstić information content (AvgIpc) is 3.30. The van der Waals surface area contributed by atoms with Crippen LogP contribution in [0, 0.1) is 5.92 Å². The number of ether oxygens (including phenoxy) is 1. The average molecular weight is 442 g/mol. The summed E-state index contributed by atoms with van der Waals surface area (Å²) in [6, 6.07) is 12.6. The third-order valence-corrected chi connectivity index (χ3v) is 6.44. The number of piperidine rings is 1. The molecule has 1 aliphatic heterocycles. The summed E-state index contributed by atoms with van der Waals surface area (Å²) in [7, 11) is -3.20. The Balaban J connectivity index is 1.34. The van der Waals surface area contributed by atoms with E-state index in [4.69, 9.17) is 4.74 Å². The number of anilines is 1. The third kappa shape index (κ3) is 5.28. The molecule has 0 bridgehead atoms. The number of hydrogen-bond acceptors (Lipinski definition) is 6. The number of sulfonamides is 1. The summed E-state index contributed by atoms with van der Waals surface area (Å²) in [5.74, 6) is 1.38. The number of nitrogens with one attached hydrogen (secondary N) is 1. The summed E-state index contributed by atoms with van der Waals surface area (Å²) < 4.78 is 32.3. The van der Waals surface area contributed by atoms with Gasteiger partial charge in [-0.1, -0.05) is 0 Å². The Kier molecular flexibility index (Phi) is 6.01. The van der Waals surface area contributed by atoms with Crippen molar-refractivity contribution in [2.75, 3.05) is 24.7 Å². The monoisotopic (exact) mass is 441 g/mol. The topological polar surface area (TPSA) is 106 Å². The number of amides is 1. The molecule has 31 heavy (non-hydrogen) atoms. The normalized spacial score (nSPS) is 15.5. The summed E-state index contributed by atoms with van der Waals surface area (Å²) in [6.45, 7) is 0.737. The first-order valence-electron chi connectivity index (χ1n) is 9.88. The molecule has 3 aromatic rings. The fourth-order valence-electron chi connectivity index (χ4n) is 3.44. The molecule has 0 saturated carbocycles. The summed E-state index contributed by atoms with van der Waals surface area (Å²) in [5, 5.41) is 2.89. The number of rotatable bonds is 6. The van der Waals surface area contributed by atoms with Gasteiger partial charge in [-0.15, -0.1) is 0 Å². The van der Waals surface area contributed by atoms with Crippen LogP contribution in [0.3, 0.4) is 0 Å². The second-order valence-corrected chi connectivity index (χ2v) is 9.34. The lowest BCUT2D eigenvalue weighted by molar-refractivity contribution is -0.120. The molecule has 10 heteroatoms. The zero-order valence-corrected chi connectivity index (χ0v) is 17.8. The minimum atomic E-state index is -3.20. The van der Waals surface area contributed by atoms with E-state index in [2.05, 4.69) is 15.3 Å². The van der Waals surface area contributed by atoms with Gasteiger partial charge in [0.05, 0.1) is 6.26 Å². The largest absolute Gasteiger partial charge is 0.439 e. The fraction of sp³-hybridized carbons (Fsp3) is 0.286. The Morgan fingerprint density at radius 2 is 1.77 bits per heavy atom. The van der Waals surface area contributed by atoms with Crippen molar-refractivity contribution in [3.63, 3.8) is 0 Å². The van der Waals surface area contributed by atoms with Crippen molar-refractivity contribution in [1.82, 2.24) is 18.8 Å². The molecular weight excluding hydrogens is 418 g/mol. The molecule has 2 aromatic heterocycles. The molecule has 0 atom stereocenters. The van der Waals surface area contributed by atoms with E-state index < -0.39 is 10.0 Å². The Labute approximate surface area is 180 Å². The van der Waals surface area contributed by atoms with E-state index in [1.54, 1.807) is 30.3 Å². The number of carbonyl (C=O) groups is 1. The van der Waals surface area contributed by atoms with Gasteiger partial charge >= 0.3 is 0 Å². The maximum absolute atomic E-state index is 12.5. The minimum Gasteiger partial charge on any atom is -0.439 e. The molecule has 9 nitrogen and oxygen atoms in total. The fourth-order valence-corrected chi connectivity index (χ4v) is 4.31. The first-order chi connectivity index (χ1) is 14.9. The van der Waals surface area contributed by atoms with Gasteiger partial charge in [-0.25, -0.2) is 22.7 Å². The zero-order chi connectivity index (χ0) is 21.8. The molecule has 4 rings (SSSR count). The highest BCUT2D eigenvalue weighted by Gasteiger charge is 2.28. The quantitative estimate of drug-likeness (QED) is 0.630. The van der Waals surface area contributed by atoms with Gasteiger partial charge in [0.15, 0.2) is 0 Å². The highest BCUT2D eigenvalue weighted by molar-refractivity contribution is 7.88. The van der Waals surface area contributed by atoms with Crippen LogP contribution in [-0.2, 0) is 14.8 Å². The third-order valence-electron chi connectivity index (χ3n) is 5.13. The van der Waals surface area contributed by atoms with E-state index >= 15 is 0 Å². The van der Waals surface area contributed by atoms with Gasteiger partial charge in [-0.3, -0.25) is 4.79 Å². The molecule has 1 fully saturated rings. The van der Waals surface area contributed by atoms with Crippen molar-refractivity contribution in [2.24, 2.45) is 5.92 Å². The minimum absolute atomic E-state index is 0.103. The zero-order valence-electron chi connectivity index (χ0n) is 17.0. The second-order valence-electron chi connectivity index (χ2n) is 7.36. The standard InChI is InChI=1S/C21H23N5O4S/c1-31(28,29)26-12-8-16(9-13-26)21(27)24-17-4-6-18(7-5-17)30-20-14-19(22-15-23-20)25-10-2-3-11-25/h2-7,10-11,14-16H,8-9,12-13H2,1H3,(H,24,27). The van der Waals surface area contributed by atoms with E-state index in [0.717, 1.165) is 0 Å². The summed E-state index contributed by atoms with van der Waals surface area (Å²) in [4.78, 5) is 20.9. The predicted molar refractivity (Wildman–Crippen MR) is 116 cm³/mol. The van der Waals surface area contributed by atoms with Crippen LogP contribution in [-0.4, -0.2) is 52.5 Å². The summed E-state index contributed by atoms with van der Waals surface area (Å²) in [6.07, 6.45) is 7.42. The number of hydrogen-bond donors (Lipinski definition) is 1. The molecule has 1 saturated heterocycles. The molecule has 1 N–H and O–H groups in total. The smallest absolute Gasteiger partial charge is 0.227 e. The highest BCUT2D eigenvalue weighted by atomic mass is 32.2. The van der Waals surface area contributed by atoms with Crippen LogP contribution < -0.4 is 10.1 Å². The predicted octanol–water partition coefficient (Wildman–Crippen LogP) is 2.67. The van der Waals surface area contributed by atoms with Gasteiger partial charge in [-0.05, 0) is 49.2 Å². The molecule has 162 valence electrons. The first kappa shape index (κ1) is 21.0. The Hall–Kier alpha value is -3.24. The van der Waals surface area contributed by atoms with Crippen molar-refractivity contribution >= 4 is 21.6 Å². The van der Waals surface area contributed by atoms with Crippen LogP contribution in [0.1, 0.15) is 12.8 Å². The van der Waals surface area contributed by atoms with E-state index in [-0.39, 0.29) is 11.8 Å². The van der Waals surface area contributed by atoms with E-state index in [1.165, 1.54) is 16.9 Å². The van der Waals surface area contributed by atoms with E-state index in [1.807, 2.05) is 29.1 Å². The Morgan fingerprint density at radius 1 is 1.10 bits per heavy atom. The van der Waals surface area contributed by atoms with Crippen LogP contribution in [0.15, 0.2) is 61.2 Å². The van der Waals surface area contributed by atoms with Crippen LogP contribution >= 0.6 is 0 Å². The van der Waals surface area contributed by atoms with Crippen molar-refractivity contribution in [3.05, 3.63) is 61.2 Å². The molecule has 3 heterocycles. The van der Waals surface area contributed by atoms with Crippen molar-refractivity contribution in [1.29, 1.82) is 0 Å². The van der Waals surface area contributed by atoms with E-state index in [0.29, 0.717) is 49.1 Å². The summed E-state index contributed by atoms with van der Waals surface area (Å²) in [5.41, 5.74) is 0.651. The molecule has 0 radical (unpaired) electrons. The van der Waals surface area contributed by atoms with Crippen LogP contribution in [0.4, 0.5) is 5.69 Å². The molecular formula is C21H23N5O4S. The van der Waals surface area contributed by atoms with Crippen molar-refractivity contribution in [3.8, 4) is 17.4 Å². The molecule has 0 spiro atoms. The maximum Gasteiger partial charge on any atom is 0.227 e. The highest BCUT2D eigenvalue weighted by Crippen LogP contribution is 2.24. The van der Waals surface area contributed by atoms with Crippen LogP contribution in [0.2, 0.25) is 0 Å².